The van der Waals surface area contributed by atoms with Gasteiger partial charge in [-0.25, -0.2) is 4.68 Å². The van der Waals surface area contributed by atoms with Crippen molar-refractivity contribution >= 4 is 40.6 Å². The third kappa shape index (κ3) is 4.28. The minimum Gasteiger partial charge on any atom is -0.454 e. The SMILES string of the molecule is O=C(Nc1cc(Cl)cc(Cl)c1)c1cc2n(n1)[C@@H](C(F)(F)F)C[C@H](c1ccc3c(c1)OCO3)N2. The average Bonchev–Trinajstić information content (AvgIpc) is 3.37. The summed E-state index contributed by atoms with van der Waals surface area (Å²) >= 11 is 11.9. The van der Waals surface area contributed by atoms with Crippen molar-refractivity contribution in [3.8, 4) is 11.5 Å². The lowest BCUT2D eigenvalue weighted by atomic mass is 9.96. The highest BCUT2D eigenvalue weighted by atomic mass is 35.5. The number of fused-ring (bicyclic) bond motifs is 2. The van der Waals surface area contributed by atoms with Gasteiger partial charge in [0, 0.05) is 28.2 Å². The van der Waals surface area contributed by atoms with Gasteiger partial charge in [0.15, 0.2) is 23.2 Å². The molecule has 0 bridgehead atoms. The van der Waals surface area contributed by atoms with Crippen LogP contribution in [0.1, 0.15) is 34.6 Å². The molecule has 0 saturated heterocycles. The molecule has 0 fully saturated rings. The number of carbonyl (C=O) groups is 1. The molecule has 2 N–H and O–H groups in total. The summed E-state index contributed by atoms with van der Waals surface area (Å²) in [4.78, 5) is 12.7. The summed E-state index contributed by atoms with van der Waals surface area (Å²) in [6, 6.07) is 8.08. The largest absolute Gasteiger partial charge is 0.454 e. The lowest BCUT2D eigenvalue weighted by Gasteiger charge is -2.33. The van der Waals surface area contributed by atoms with Crippen LogP contribution < -0.4 is 20.1 Å². The van der Waals surface area contributed by atoms with Crippen molar-refractivity contribution in [3.05, 3.63) is 63.8 Å². The Morgan fingerprint density at radius 2 is 1.82 bits per heavy atom. The molecule has 12 heteroatoms. The molecule has 3 heterocycles. The summed E-state index contributed by atoms with van der Waals surface area (Å²) in [6.45, 7) is 0.0607. The normalized spacial score (nSPS) is 19.1. The van der Waals surface area contributed by atoms with Crippen molar-refractivity contribution in [3.63, 3.8) is 0 Å². The molecule has 0 saturated carbocycles. The van der Waals surface area contributed by atoms with Gasteiger partial charge in [-0.15, -0.1) is 0 Å². The molecular weight excluding hydrogens is 484 g/mol. The molecule has 0 aliphatic carbocycles. The molecule has 0 spiro atoms. The number of amides is 1. The summed E-state index contributed by atoms with van der Waals surface area (Å²) in [5.74, 6) is 0.377. The summed E-state index contributed by atoms with van der Waals surface area (Å²) < 4.78 is 53.1. The van der Waals surface area contributed by atoms with E-state index in [0.29, 0.717) is 32.8 Å². The molecule has 33 heavy (non-hydrogen) atoms. The molecule has 2 aliphatic rings. The minimum atomic E-state index is -4.58. The first-order chi connectivity index (χ1) is 15.7. The maximum absolute atomic E-state index is 13.9. The van der Waals surface area contributed by atoms with Gasteiger partial charge in [-0.3, -0.25) is 4.79 Å². The van der Waals surface area contributed by atoms with E-state index in [1.54, 1.807) is 18.2 Å². The van der Waals surface area contributed by atoms with Crippen molar-refractivity contribution in [1.29, 1.82) is 0 Å². The maximum atomic E-state index is 13.9. The number of alkyl halides is 3. The van der Waals surface area contributed by atoms with Gasteiger partial charge in [-0.05, 0) is 35.9 Å². The minimum absolute atomic E-state index is 0.0607. The predicted molar refractivity (Wildman–Crippen MR) is 115 cm³/mol. The number of halogens is 5. The molecule has 0 unspecified atom stereocenters. The topological polar surface area (TPSA) is 77.4 Å². The van der Waals surface area contributed by atoms with Crippen LogP contribution in [-0.2, 0) is 0 Å². The highest BCUT2D eigenvalue weighted by Gasteiger charge is 2.47. The van der Waals surface area contributed by atoms with Crippen LogP contribution in [0.15, 0.2) is 42.5 Å². The number of rotatable bonds is 3. The predicted octanol–water partition coefficient (Wildman–Crippen LogP) is 5.83. The molecule has 1 amide bonds. The summed E-state index contributed by atoms with van der Waals surface area (Å²) in [7, 11) is 0. The highest BCUT2D eigenvalue weighted by molar-refractivity contribution is 6.35. The molecule has 5 rings (SSSR count). The van der Waals surface area contributed by atoms with Gasteiger partial charge in [0.25, 0.3) is 5.91 Å². The zero-order valence-electron chi connectivity index (χ0n) is 16.6. The second-order valence-electron chi connectivity index (χ2n) is 7.57. The molecule has 0 radical (unpaired) electrons. The van der Waals surface area contributed by atoms with Gasteiger partial charge in [0.05, 0.1) is 6.04 Å². The Morgan fingerprint density at radius 1 is 1.09 bits per heavy atom. The lowest BCUT2D eigenvalue weighted by Crippen LogP contribution is -2.35. The van der Waals surface area contributed by atoms with Crippen molar-refractivity contribution < 1.29 is 27.4 Å². The molecule has 2 aliphatic heterocycles. The van der Waals surface area contributed by atoms with Gasteiger partial charge in [0.2, 0.25) is 6.79 Å². The van der Waals surface area contributed by atoms with E-state index >= 15 is 0 Å². The number of carbonyl (C=O) groups excluding carboxylic acids is 1. The van der Waals surface area contributed by atoms with Crippen LogP contribution in [0.2, 0.25) is 10.0 Å². The number of hydrogen-bond donors (Lipinski definition) is 2. The zero-order chi connectivity index (χ0) is 23.3. The van der Waals surface area contributed by atoms with Crippen molar-refractivity contribution in [2.75, 3.05) is 17.4 Å². The average molecular weight is 499 g/mol. The van der Waals surface area contributed by atoms with Crippen LogP contribution in [0.5, 0.6) is 11.5 Å². The number of nitrogens with one attached hydrogen (secondary N) is 2. The standard InChI is InChI=1S/C21H15Cl2F3N4O3/c22-11-4-12(23)6-13(5-11)27-20(31)15-8-19-28-14(7-18(21(24,25)26)30(19)29-15)10-1-2-16-17(3-10)33-9-32-16/h1-6,8,14,18,28H,7,9H2,(H,27,31)/t14-,18-/m1/s1. The van der Waals surface area contributed by atoms with Crippen LogP contribution in [0.4, 0.5) is 24.7 Å². The van der Waals surface area contributed by atoms with Crippen LogP contribution in [0.3, 0.4) is 0 Å². The summed E-state index contributed by atoms with van der Waals surface area (Å²) in [5, 5.41) is 10.1. The number of hydrogen-bond acceptors (Lipinski definition) is 5. The number of nitrogens with zero attached hydrogens (tertiary/aromatic N) is 2. The molecule has 3 aromatic rings. The number of aromatic nitrogens is 2. The van der Waals surface area contributed by atoms with Gasteiger partial charge in [0.1, 0.15) is 5.82 Å². The fourth-order valence-corrected chi connectivity index (χ4v) is 4.38. The Morgan fingerprint density at radius 3 is 2.55 bits per heavy atom. The quantitative estimate of drug-likeness (QED) is 0.474. The summed E-state index contributed by atoms with van der Waals surface area (Å²) in [6.07, 6.45) is -4.89. The molecule has 2 aromatic carbocycles. The van der Waals surface area contributed by atoms with E-state index in [4.69, 9.17) is 32.7 Å². The van der Waals surface area contributed by atoms with E-state index in [0.717, 1.165) is 4.68 Å². The number of ether oxygens (including phenoxy) is 2. The van der Waals surface area contributed by atoms with Crippen molar-refractivity contribution in [2.24, 2.45) is 0 Å². The Balaban J connectivity index is 1.45. The maximum Gasteiger partial charge on any atom is 0.410 e. The van der Waals surface area contributed by atoms with Crippen LogP contribution in [-0.4, -0.2) is 28.7 Å². The van der Waals surface area contributed by atoms with Gasteiger partial charge in [-0.2, -0.15) is 18.3 Å². The Kier molecular flexibility index (Phi) is 5.29. The van der Waals surface area contributed by atoms with Crippen LogP contribution in [0.25, 0.3) is 0 Å². The third-order valence-electron chi connectivity index (χ3n) is 5.34. The van der Waals surface area contributed by atoms with Crippen molar-refractivity contribution in [1.82, 2.24) is 9.78 Å². The van der Waals surface area contributed by atoms with Gasteiger partial charge in [-0.1, -0.05) is 29.3 Å². The van der Waals surface area contributed by atoms with E-state index < -0.39 is 24.2 Å². The monoisotopic (exact) mass is 498 g/mol. The Hall–Kier alpha value is -3.11. The van der Waals surface area contributed by atoms with E-state index in [1.807, 2.05) is 0 Å². The van der Waals surface area contributed by atoms with Crippen LogP contribution >= 0.6 is 23.2 Å². The van der Waals surface area contributed by atoms with Crippen LogP contribution in [0, 0.1) is 0 Å². The van der Waals surface area contributed by atoms with E-state index in [-0.39, 0.29) is 24.7 Å². The smallest absolute Gasteiger partial charge is 0.410 e. The number of anilines is 2. The Labute approximate surface area is 195 Å². The zero-order valence-corrected chi connectivity index (χ0v) is 18.1. The van der Waals surface area contributed by atoms with E-state index in [9.17, 15) is 18.0 Å². The Bertz CT molecular complexity index is 1230. The van der Waals surface area contributed by atoms with Crippen molar-refractivity contribution in [2.45, 2.75) is 24.7 Å². The fraction of sp³-hybridized carbons (Fsp3) is 0.238. The first kappa shape index (κ1) is 21.7. The van der Waals surface area contributed by atoms with E-state index in [1.165, 1.54) is 24.3 Å². The first-order valence-corrected chi connectivity index (χ1v) is 10.5. The highest BCUT2D eigenvalue weighted by Crippen LogP contribution is 2.45. The summed E-state index contributed by atoms with van der Waals surface area (Å²) in [5.41, 5.74) is 0.705. The second kappa shape index (κ2) is 8.03. The first-order valence-electron chi connectivity index (χ1n) is 9.77. The molecule has 2 atom stereocenters. The molecule has 7 nitrogen and oxygen atoms in total. The molecular formula is C21H15Cl2F3N4O3. The molecule has 172 valence electrons. The second-order valence-corrected chi connectivity index (χ2v) is 8.45. The van der Waals surface area contributed by atoms with Gasteiger partial charge < -0.3 is 20.1 Å². The van der Waals surface area contributed by atoms with E-state index in [2.05, 4.69) is 15.7 Å². The lowest BCUT2D eigenvalue weighted by molar-refractivity contribution is -0.173. The van der Waals surface area contributed by atoms with Gasteiger partial charge >= 0.3 is 6.18 Å². The number of benzene rings is 2. The third-order valence-corrected chi connectivity index (χ3v) is 5.78. The molecule has 1 aromatic heterocycles. The fourth-order valence-electron chi connectivity index (χ4n) is 3.85.